The first-order chi connectivity index (χ1) is 15.1. The highest BCUT2D eigenvalue weighted by atomic mass is 19.1. The van der Waals surface area contributed by atoms with Gasteiger partial charge in [-0.05, 0) is 37.1 Å². The smallest absolute Gasteiger partial charge is 0.163 e. The summed E-state index contributed by atoms with van der Waals surface area (Å²) in [5.41, 5.74) is 5.31. The molecule has 0 spiro atoms. The van der Waals surface area contributed by atoms with E-state index in [-0.39, 0.29) is 5.82 Å². The maximum Gasteiger partial charge on any atom is 0.163 e. The van der Waals surface area contributed by atoms with Crippen molar-refractivity contribution < 1.29 is 9.13 Å². The van der Waals surface area contributed by atoms with Gasteiger partial charge in [-0.15, -0.1) is 0 Å². The van der Waals surface area contributed by atoms with Gasteiger partial charge in [0.05, 0.1) is 37.2 Å². The van der Waals surface area contributed by atoms with Crippen molar-refractivity contribution in [2.75, 3.05) is 12.5 Å². The van der Waals surface area contributed by atoms with Gasteiger partial charge in [-0.25, -0.2) is 19.0 Å². The molecule has 31 heavy (non-hydrogen) atoms. The Bertz CT molecular complexity index is 1050. The summed E-state index contributed by atoms with van der Waals surface area (Å²) in [6.07, 6.45) is 12.8. The molecule has 1 aromatic carbocycles. The second-order valence-electron chi connectivity index (χ2n) is 6.19. The molecular weight excluding hydrogens is 395 g/mol. The summed E-state index contributed by atoms with van der Waals surface area (Å²) in [7, 11) is 1.60. The molecule has 0 atom stereocenters. The number of allylic oxidation sites excluding steroid dienone is 4. The Morgan fingerprint density at radius 1 is 1.26 bits per heavy atom. The average Bonchev–Trinajstić information content (AvgIpc) is 3.15. The van der Waals surface area contributed by atoms with Crippen molar-refractivity contribution in [1.82, 2.24) is 19.7 Å². The summed E-state index contributed by atoms with van der Waals surface area (Å²) < 4.78 is 19.7. The van der Waals surface area contributed by atoms with E-state index in [1.165, 1.54) is 18.5 Å². The van der Waals surface area contributed by atoms with Gasteiger partial charge in [0.25, 0.3) is 0 Å². The summed E-state index contributed by atoms with van der Waals surface area (Å²) in [4.78, 5) is 8.62. The van der Waals surface area contributed by atoms with Crippen LogP contribution in [0.15, 0.2) is 72.8 Å². The lowest BCUT2D eigenvalue weighted by molar-refractivity contribution is 0.335. The number of aryl methyl sites for hydroxylation is 1. The van der Waals surface area contributed by atoms with Crippen LogP contribution < -0.4 is 5.43 Å². The van der Waals surface area contributed by atoms with Gasteiger partial charge >= 0.3 is 0 Å². The van der Waals surface area contributed by atoms with Crippen molar-refractivity contribution in [2.45, 2.75) is 26.8 Å². The number of fused-ring (bicyclic) bond motifs is 1. The number of hydrazone groups is 1. The Hall–Kier alpha value is -3.81. The number of aromatic nitrogens is 4. The number of anilines is 1. The van der Waals surface area contributed by atoms with Crippen LogP contribution >= 0.6 is 0 Å². The van der Waals surface area contributed by atoms with E-state index in [0.717, 1.165) is 28.7 Å². The second kappa shape index (κ2) is 12.7. The lowest BCUT2D eigenvalue weighted by Gasteiger charge is -2.02. The Labute approximate surface area is 181 Å². The number of methoxy groups -OCH3 is 1. The predicted octanol–water partition coefficient (Wildman–Crippen LogP) is 4.88. The molecule has 7 nitrogen and oxygen atoms in total. The molecule has 1 N–H and O–H groups in total. The van der Waals surface area contributed by atoms with Gasteiger partial charge in [-0.1, -0.05) is 43.9 Å². The zero-order valence-electron chi connectivity index (χ0n) is 18.0. The molecule has 0 fully saturated rings. The molecule has 0 bridgehead atoms. The Morgan fingerprint density at radius 3 is 2.65 bits per heavy atom. The fraction of sp³-hybridized carbons (Fsp3) is 0.217. The molecule has 0 unspecified atom stereocenters. The molecule has 0 aliphatic heterocycles. The number of halogens is 1. The minimum atomic E-state index is -0.282. The number of rotatable bonds is 8. The van der Waals surface area contributed by atoms with Crippen molar-refractivity contribution in [3.05, 3.63) is 84.8 Å². The number of nitrogens with zero attached hydrogens (tertiary/aromatic N) is 5. The SMILES string of the molecule is C=C/C=C\C.CCc1nn(C/C=C/OC)c2ncnc(N/N=C/c3ccc(F)cc3)c12. The quantitative estimate of drug-likeness (QED) is 0.242. The van der Waals surface area contributed by atoms with Crippen molar-refractivity contribution in [3.63, 3.8) is 0 Å². The van der Waals surface area contributed by atoms with Crippen molar-refractivity contribution in [3.8, 4) is 0 Å². The lowest BCUT2D eigenvalue weighted by atomic mass is 10.2. The molecule has 2 aromatic heterocycles. The molecular formula is C23H27FN6O. The minimum Gasteiger partial charge on any atom is -0.505 e. The molecule has 0 saturated heterocycles. The van der Waals surface area contributed by atoms with Crippen LogP contribution in [0.3, 0.4) is 0 Å². The number of ether oxygens (including phenoxy) is 1. The first-order valence-electron chi connectivity index (χ1n) is 9.81. The number of hydrogen-bond donors (Lipinski definition) is 1. The monoisotopic (exact) mass is 422 g/mol. The van der Waals surface area contributed by atoms with Gasteiger partial charge in [0.15, 0.2) is 11.5 Å². The Morgan fingerprint density at radius 2 is 2.03 bits per heavy atom. The minimum absolute atomic E-state index is 0.282. The molecule has 0 radical (unpaired) electrons. The number of nitrogens with one attached hydrogen (secondary N) is 1. The van der Waals surface area contributed by atoms with Crippen LogP contribution in [0, 0.1) is 5.82 Å². The summed E-state index contributed by atoms with van der Waals surface area (Å²) in [5.74, 6) is 0.294. The molecule has 0 aliphatic carbocycles. The van der Waals surface area contributed by atoms with E-state index < -0.39 is 0 Å². The first kappa shape index (κ1) is 23.5. The van der Waals surface area contributed by atoms with Crippen LogP contribution in [-0.2, 0) is 17.7 Å². The molecule has 3 rings (SSSR count). The molecule has 2 heterocycles. The third-order valence-electron chi connectivity index (χ3n) is 4.03. The van der Waals surface area contributed by atoms with Gasteiger partial charge in [0.2, 0.25) is 0 Å². The van der Waals surface area contributed by atoms with Gasteiger partial charge < -0.3 is 4.74 Å². The van der Waals surface area contributed by atoms with E-state index in [4.69, 9.17) is 4.74 Å². The Kier molecular flexibility index (Phi) is 9.61. The average molecular weight is 423 g/mol. The highest BCUT2D eigenvalue weighted by molar-refractivity contribution is 5.90. The summed E-state index contributed by atoms with van der Waals surface area (Å²) in [6.45, 7) is 7.99. The van der Waals surface area contributed by atoms with Crippen molar-refractivity contribution in [1.29, 1.82) is 0 Å². The molecule has 0 amide bonds. The summed E-state index contributed by atoms with van der Waals surface area (Å²) in [5, 5.41) is 9.61. The molecule has 0 aliphatic rings. The largest absolute Gasteiger partial charge is 0.505 e. The topological polar surface area (TPSA) is 77.2 Å². The standard InChI is InChI=1S/C18H19FN6O.C5H8/c1-3-15-16-17(23-22-11-13-5-7-14(19)8-6-13)20-12-21-18(16)25(24-15)9-4-10-26-2;1-3-5-4-2/h4-8,10-12H,3,9H2,1-2H3,(H,20,21,23);3-5H,1H2,2H3/b10-4+,22-11+;5-4-. The first-order valence-corrected chi connectivity index (χ1v) is 9.81. The summed E-state index contributed by atoms with van der Waals surface area (Å²) in [6, 6.07) is 6.06. The van der Waals surface area contributed by atoms with Crippen LogP contribution in [0.4, 0.5) is 10.2 Å². The van der Waals surface area contributed by atoms with E-state index >= 15 is 0 Å². The normalized spacial score (nSPS) is 11.2. The van der Waals surface area contributed by atoms with Gasteiger partial charge in [-0.3, -0.25) is 5.43 Å². The van der Waals surface area contributed by atoms with Crippen molar-refractivity contribution in [2.24, 2.45) is 5.10 Å². The molecule has 0 saturated carbocycles. The third-order valence-corrected chi connectivity index (χ3v) is 4.03. The van der Waals surface area contributed by atoms with Crippen LogP contribution in [0.1, 0.15) is 25.1 Å². The van der Waals surface area contributed by atoms with Crippen molar-refractivity contribution >= 4 is 23.1 Å². The van der Waals surface area contributed by atoms with E-state index in [1.54, 1.807) is 42.5 Å². The second-order valence-corrected chi connectivity index (χ2v) is 6.19. The van der Waals surface area contributed by atoms with E-state index in [0.29, 0.717) is 12.4 Å². The predicted molar refractivity (Wildman–Crippen MR) is 123 cm³/mol. The molecule has 162 valence electrons. The zero-order chi connectivity index (χ0) is 22.5. The van der Waals surface area contributed by atoms with Crippen LogP contribution in [0.2, 0.25) is 0 Å². The van der Waals surface area contributed by atoms with Gasteiger partial charge in [0, 0.05) is 0 Å². The highest BCUT2D eigenvalue weighted by Crippen LogP contribution is 2.24. The lowest BCUT2D eigenvalue weighted by Crippen LogP contribution is -2.00. The maximum absolute atomic E-state index is 12.9. The fourth-order valence-corrected chi connectivity index (χ4v) is 2.63. The van der Waals surface area contributed by atoms with E-state index in [9.17, 15) is 4.39 Å². The third kappa shape index (κ3) is 6.88. The fourth-order valence-electron chi connectivity index (χ4n) is 2.63. The maximum atomic E-state index is 12.9. The van der Waals surface area contributed by atoms with E-state index in [2.05, 4.69) is 32.2 Å². The van der Waals surface area contributed by atoms with Crippen LogP contribution in [-0.4, -0.2) is 33.1 Å². The van der Waals surface area contributed by atoms with Gasteiger partial charge in [0.1, 0.15) is 12.1 Å². The van der Waals surface area contributed by atoms with Crippen LogP contribution in [0.5, 0.6) is 0 Å². The molecule has 3 aromatic rings. The number of hydrogen-bond acceptors (Lipinski definition) is 6. The highest BCUT2D eigenvalue weighted by Gasteiger charge is 2.14. The molecule has 8 heteroatoms. The summed E-state index contributed by atoms with van der Waals surface area (Å²) >= 11 is 0. The Balaban J connectivity index is 0.000000614. The van der Waals surface area contributed by atoms with E-state index in [1.807, 2.05) is 32.1 Å². The van der Waals surface area contributed by atoms with Crippen LogP contribution in [0.25, 0.3) is 11.0 Å². The number of benzene rings is 1. The zero-order valence-corrected chi connectivity index (χ0v) is 18.0. The van der Waals surface area contributed by atoms with Gasteiger partial charge in [-0.2, -0.15) is 10.2 Å².